The van der Waals surface area contributed by atoms with Gasteiger partial charge in [0.25, 0.3) is 0 Å². The molecule has 0 bridgehead atoms. The lowest BCUT2D eigenvalue weighted by molar-refractivity contribution is 0.174. The van der Waals surface area contributed by atoms with Crippen LogP contribution >= 0.6 is 11.6 Å². The zero-order valence-electron chi connectivity index (χ0n) is 7.34. The van der Waals surface area contributed by atoms with E-state index >= 15 is 0 Å². The predicted octanol–water partition coefficient (Wildman–Crippen LogP) is 3.09. The summed E-state index contributed by atoms with van der Waals surface area (Å²) in [6, 6.07) is 5.71. The van der Waals surface area contributed by atoms with Crippen LogP contribution in [-0.2, 0) is 0 Å². The maximum atomic E-state index is 9.52. The smallest absolute Gasteiger partial charge is 0.0801 e. The first kappa shape index (κ1) is 9.56. The Labute approximate surface area is 78.0 Å². The molecular formula is C10H13ClO. The van der Waals surface area contributed by atoms with Crippen molar-refractivity contribution in [3.05, 3.63) is 34.3 Å². The molecule has 1 aromatic carbocycles. The molecule has 0 radical (unpaired) electrons. The van der Waals surface area contributed by atoms with Gasteiger partial charge in [-0.15, -0.1) is 0 Å². The van der Waals surface area contributed by atoms with Gasteiger partial charge in [-0.1, -0.05) is 30.7 Å². The van der Waals surface area contributed by atoms with Crippen LogP contribution in [0.1, 0.15) is 30.6 Å². The third kappa shape index (κ3) is 1.99. The summed E-state index contributed by atoms with van der Waals surface area (Å²) >= 11 is 5.94. The van der Waals surface area contributed by atoms with E-state index in [4.69, 9.17) is 11.6 Å². The SMILES string of the molecule is CCC(O)c1ccc(C)cc1Cl. The maximum Gasteiger partial charge on any atom is 0.0801 e. The van der Waals surface area contributed by atoms with Gasteiger partial charge >= 0.3 is 0 Å². The number of benzene rings is 1. The molecule has 12 heavy (non-hydrogen) atoms. The lowest BCUT2D eigenvalue weighted by Crippen LogP contribution is -1.95. The third-order valence-electron chi connectivity index (χ3n) is 1.90. The Hall–Kier alpha value is -0.530. The third-order valence-corrected chi connectivity index (χ3v) is 2.23. The van der Waals surface area contributed by atoms with Gasteiger partial charge in [0.05, 0.1) is 6.10 Å². The molecule has 0 amide bonds. The van der Waals surface area contributed by atoms with Gasteiger partial charge in [0.1, 0.15) is 0 Å². The van der Waals surface area contributed by atoms with Crippen LogP contribution in [0.4, 0.5) is 0 Å². The van der Waals surface area contributed by atoms with Crippen LogP contribution in [0.5, 0.6) is 0 Å². The normalized spacial score (nSPS) is 13.0. The molecule has 1 unspecified atom stereocenters. The van der Waals surface area contributed by atoms with Crippen LogP contribution in [0, 0.1) is 6.92 Å². The first-order valence-corrected chi connectivity index (χ1v) is 4.47. The number of rotatable bonds is 2. The second kappa shape index (κ2) is 3.92. The molecule has 66 valence electrons. The molecule has 0 saturated heterocycles. The standard InChI is InChI=1S/C10H13ClO/c1-3-10(12)8-5-4-7(2)6-9(8)11/h4-6,10,12H,3H2,1-2H3. The molecule has 0 saturated carbocycles. The van der Waals surface area contributed by atoms with Crippen molar-refractivity contribution < 1.29 is 5.11 Å². The van der Waals surface area contributed by atoms with Crippen LogP contribution in [0.25, 0.3) is 0 Å². The topological polar surface area (TPSA) is 20.2 Å². The Morgan fingerprint density at radius 1 is 1.50 bits per heavy atom. The van der Waals surface area contributed by atoms with Gasteiger partial charge in [-0.2, -0.15) is 0 Å². The highest BCUT2D eigenvalue weighted by Gasteiger charge is 2.08. The van der Waals surface area contributed by atoms with Crippen molar-refractivity contribution in [3.63, 3.8) is 0 Å². The molecule has 0 aliphatic rings. The van der Waals surface area contributed by atoms with E-state index in [1.165, 1.54) is 0 Å². The van der Waals surface area contributed by atoms with E-state index in [0.29, 0.717) is 11.4 Å². The van der Waals surface area contributed by atoms with Crippen LogP contribution in [0.2, 0.25) is 5.02 Å². The Bertz CT molecular complexity index is 271. The highest BCUT2D eigenvalue weighted by Crippen LogP contribution is 2.25. The predicted molar refractivity (Wildman–Crippen MR) is 51.4 cm³/mol. The molecular weight excluding hydrogens is 172 g/mol. The van der Waals surface area contributed by atoms with E-state index in [-0.39, 0.29) is 0 Å². The largest absolute Gasteiger partial charge is 0.388 e. The van der Waals surface area contributed by atoms with Crippen molar-refractivity contribution in [3.8, 4) is 0 Å². The molecule has 0 heterocycles. The second-order valence-electron chi connectivity index (χ2n) is 2.95. The average molecular weight is 185 g/mol. The molecule has 1 rings (SSSR count). The van der Waals surface area contributed by atoms with E-state index in [1.807, 2.05) is 32.0 Å². The Morgan fingerprint density at radius 3 is 2.67 bits per heavy atom. The Balaban J connectivity index is 3.01. The zero-order valence-corrected chi connectivity index (χ0v) is 8.10. The lowest BCUT2D eigenvalue weighted by Gasteiger charge is -2.10. The zero-order chi connectivity index (χ0) is 9.14. The van der Waals surface area contributed by atoms with Gasteiger partial charge in [-0.05, 0) is 30.5 Å². The Kier molecular flexibility index (Phi) is 3.12. The molecule has 1 atom stereocenters. The molecule has 0 aliphatic heterocycles. The van der Waals surface area contributed by atoms with Gasteiger partial charge in [-0.25, -0.2) is 0 Å². The summed E-state index contributed by atoms with van der Waals surface area (Å²) in [5, 5.41) is 10.2. The molecule has 0 spiro atoms. The highest BCUT2D eigenvalue weighted by atomic mass is 35.5. The molecule has 1 nitrogen and oxygen atoms in total. The molecule has 0 fully saturated rings. The van der Waals surface area contributed by atoms with Gasteiger partial charge in [0, 0.05) is 5.02 Å². The van der Waals surface area contributed by atoms with Crippen molar-refractivity contribution >= 4 is 11.6 Å². The number of halogens is 1. The summed E-state index contributed by atoms with van der Waals surface area (Å²) < 4.78 is 0. The minimum Gasteiger partial charge on any atom is -0.388 e. The average Bonchev–Trinajstić information content (AvgIpc) is 2.03. The molecule has 0 aromatic heterocycles. The van der Waals surface area contributed by atoms with E-state index in [0.717, 1.165) is 11.1 Å². The minimum absolute atomic E-state index is 0.432. The first-order chi connectivity index (χ1) is 5.65. The summed E-state index contributed by atoms with van der Waals surface area (Å²) in [4.78, 5) is 0. The summed E-state index contributed by atoms with van der Waals surface area (Å²) in [5.74, 6) is 0. The minimum atomic E-state index is -0.432. The van der Waals surface area contributed by atoms with Gasteiger partial charge in [0.15, 0.2) is 0 Å². The van der Waals surface area contributed by atoms with Crippen LogP contribution in [0.15, 0.2) is 18.2 Å². The fraction of sp³-hybridized carbons (Fsp3) is 0.400. The fourth-order valence-corrected chi connectivity index (χ4v) is 1.48. The quantitative estimate of drug-likeness (QED) is 0.749. The van der Waals surface area contributed by atoms with Crippen LogP contribution < -0.4 is 0 Å². The number of hydrogen-bond acceptors (Lipinski definition) is 1. The van der Waals surface area contributed by atoms with Crippen LogP contribution in [0.3, 0.4) is 0 Å². The summed E-state index contributed by atoms with van der Waals surface area (Å²) in [6.45, 7) is 3.91. The van der Waals surface area contributed by atoms with E-state index in [2.05, 4.69) is 0 Å². The van der Waals surface area contributed by atoms with Crippen molar-refractivity contribution in [2.75, 3.05) is 0 Å². The molecule has 2 heteroatoms. The number of aliphatic hydroxyl groups excluding tert-OH is 1. The molecule has 1 aromatic rings. The first-order valence-electron chi connectivity index (χ1n) is 4.09. The van der Waals surface area contributed by atoms with Gasteiger partial charge in [-0.3, -0.25) is 0 Å². The van der Waals surface area contributed by atoms with Gasteiger partial charge in [0.2, 0.25) is 0 Å². The molecule has 1 N–H and O–H groups in total. The van der Waals surface area contributed by atoms with Gasteiger partial charge < -0.3 is 5.11 Å². The number of aryl methyl sites for hydroxylation is 1. The summed E-state index contributed by atoms with van der Waals surface area (Å²) in [6.07, 6.45) is 0.265. The monoisotopic (exact) mass is 184 g/mol. The summed E-state index contributed by atoms with van der Waals surface area (Å²) in [7, 11) is 0. The second-order valence-corrected chi connectivity index (χ2v) is 3.36. The number of aliphatic hydroxyl groups is 1. The molecule has 0 aliphatic carbocycles. The Morgan fingerprint density at radius 2 is 2.17 bits per heavy atom. The summed E-state index contributed by atoms with van der Waals surface area (Å²) in [5.41, 5.74) is 1.94. The highest BCUT2D eigenvalue weighted by molar-refractivity contribution is 6.31. The van der Waals surface area contributed by atoms with E-state index < -0.39 is 6.10 Å². The van der Waals surface area contributed by atoms with E-state index in [1.54, 1.807) is 0 Å². The van der Waals surface area contributed by atoms with E-state index in [9.17, 15) is 5.11 Å². The van der Waals surface area contributed by atoms with Crippen molar-refractivity contribution in [1.82, 2.24) is 0 Å². The van der Waals surface area contributed by atoms with Crippen LogP contribution in [-0.4, -0.2) is 5.11 Å². The van der Waals surface area contributed by atoms with Crippen molar-refractivity contribution in [1.29, 1.82) is 0 Å². The fourth-order valence-electron chi connectivity index (χ4n) is 1.12. The van der Waals surface area contributed by atoms with Crippen molar-refractivity contribution in [2.45, 2.75) is 26.4 Å². The maximum absolute atomic E-state index is 9.52. The lowest BCUT2D eigenvalue weighted by atomic mass is 10.1. The number of hydrogen-bond donors (Lipinski definition) is 1. The van der Waals surface area contributed by atoms with Crippen molar-refractivity contribution in [2.24, 2.45) is 0 Å².